The fraction of sp³-hybridized carbons (Fsp3) is 1.00. The molecule has 1 N–H and O–H groups in total. The van der Waals surface area contributed by atoms with Crippen LogP contribution in [0.5, 0.6) is 0 Å². The van der Waals surface area contributed by atoms with Crippen LogP contribution in [0.4, 0.5) is 0 Å². The number of nitrogens with one attached hydrogen (secondary N) is 1. The Labute approximate surface area is 147 Å². The molecule has 2 nitrogen and oxygen atoms in total. The van der Waals surface area contributed by atoms with E-state index in [4.69, 9.17) is 0 Å². The molecule has 2 heteroatoms. The molecule has 0 saturated carbocycles. The summed E-state index contributed by atoms with van der Waals surface area (Å²) in [4.78, 5) is 0. The van der Waals surface area contributed by atoms with Crippen LogP contribution in [0.25, 0.3) is 0 Å². The summed E-state index contributed by atoms with van der Waals surface area (Å²) in [5, 5.41) is 3.64. The summed E-state index contributed by atoms with van der Waals surface area (Å²) >= 11 is 0. The van der Waals surface area contributed by atoms with Crippen LogP contribution < -0.4 is 5.32 Å². The minimum Gasteiger partial charge on any atom is -0.327 e. The smallest absolute Gasteiger partial charge is 0.0938 e. The van der Waals surface area contributed by atoms with Crippen molar-refractivity contribution in [1.29, 1.82) is 0 Å². The number of likely N-dealkylation sites (N-methyl/N-ethyl adjacent to an activating group) is 1. The van der Waals surface area contributed by atoms with E-state index in [1.807, 2.05) is 0 Å². The topological polar surface area (TPSA) is 12.0 Å². The van der Waals surface area contributed by atoms with Crippen LogP contribution >= 0.6 is 0 Å². The van der Waals surface area contributed by atoms with Gasteiger partial charge >= 0.3 is 0 Å². The van der Waals surface area contributed by atoms with Crippen molar-refractivity contribution in [3.8, 4) is 0 Å². The van der Waals surface area contributed by atoms with Crippen molar-refractivity contribution in [2.75, 3.05) is 33.7 Å². The van der Waals surface area contributed by atoms with Gasteiger partial charge in [-0.05, 0) is 32.2 Å². The third-order valence-electron chi connectivity index (χ3n) is 5.49. The number of rotatable bonds is 15. The molecule has 0 bridgehead atoms. The van der Waals surface area contributed by atoms with Gasteiger partial charge in [0.15, 0.2) is 0 Å². The molecule has 0 radical (unpaired) electrons. The second-order valence-corrected chi connectivity index (χ2v) is 8.52. The van der Waals surface area contributed by atoms with E-state index in [1.165, 1.54) is 114 Å². The van der Waals surface area contributed by atoms with Crippen molar-refractivity contribution >= 4 is 0 Å². The Kier molecular flexibility index (Phi) is 12.1. The van der Waals surface area contributed by atoms with Crippen molar-refractivity contribution in [2.45, 2.75) is 103 Å². The van der Waals surface area contributed by atoms with Crippen LogP contribution in [0.2, 0.25) is 0 Å². The average Bonchev–Trinajstić information content (AvgIpc) is 3.00. The van der Waals surface area contributed by atoms with Gasteiger partial charge in [-0.15, -0.1) is 0 Å². The van der Waals surface area contributed by atoms with E-state index in [1.54, 1.807) is 0 Å². The third kappa shape index (κ3) is 12.0. The molecular weight excluding hydrogens is 280 g/mol. The van der Waals surface area contributed by atoms with Crippen LogP contribution in [0.1, 0.15) is 96.8 Å². The normalized spacial score (nSPS) is 18.7. The highest BCUT2D eigenvalue weighted by Gasteiger charge is 2.23. The zero-order chi connectivity index (χ0) is 16.8. The molecule has 1 fully saturated rings. The Hall–Kier alpha value is -0.0800. The van der Waals surface area contributed by atoms with E-state index in [9.17, 15) is 0 Å². The van der Waals surface area contributed by atoms with Gasteiger partial charge in [0, 0.05) is 0 Å². The lowest BCUT2D eigenvalue weighted by molar-refractivity contribution is -0.891. The molecule has 0 aromatic rings. The monoisotopic (exact) mass is 325 g/mol. The second kappa shape index (κ2) is 13.2. The van der Waals surface area contributed by atoms with Gasteiger partial charge in [0.2, 0.25) is 0 Å². The molecule has 1 heterocycles. The van der Waals surface area contributed by atoms with Gasteiger partial charge in [-0.3, -0.25) is 0 Å². The van der Waals surface area contributed by atoms with Crippen LogP contribution in [0, 0.1) is 0 Å². The molecular formula is C21H45N2+. The molecule has 1 rings (SSSR count). The molecule has 138 valence electrons. The Balaban J connectivity index is 1.83. The lowest BCUT2D eigenvalue weighted by Crippen LogP contribution is -2.48. The molecule has 1 saturated heterocycles. The maximum atomic E-state index is 3.64. The Morgan fingerprint density at radius 2 is 1.30 bits per heavy atom. The van der Waals surface area contributed by atoms with E-state index >= 15 is 0 Å². The van der Waals surface area contributed by atoms with E-state index < -0.39 is 0 Å². The molecule has 1 aliphatic rings. The lowest BCUT2D eigenvalue weighted by atomic mass is 10.1. The molecule has 0 aromatic heterocycles. The van der Waals surface area contributed by atoms with Crippen LogP contribution in [-0.2, 0) is 0 Å². The summed E-state index contributed by atoms with van der Waals surface area (Å²) in [5.41, 5.74) is 0. The minimum absolute atomic E-state index is 0.780. The molecule has 1 aliphatic heterocycles. The molecule has 0 amide bonds. The van der Waals surface area contributed by atoms with Gasteiger partial charge in [-0.25, -0.2) is 0 Å². The summed E-state index contributed by atoms with van der Waals surface area (Å²) < 4.78 is 1.20. The van der Waals surface area contributed by atoms with E-state index in [-0.39, 0.29) is 0 Å². The van der Waals surface area contributed by atoms with Gasteiger partial charge in [0.05, 0.1) is 33.2 Å². The van der Waals surface area contributed by atoms with Crippen molar-refractivity contribution < 1.29 is 4.48 Å². The number of unbranched alkanes of at least 4 members (excludes halogenated alkanes) is 11. The van der Waals surface area contributed by atoms with E-state index in [0.717, 1.165) is 6.04 Å². The van der Waals surface area contributed by atoms with Crippen LogP contribution in [0.15, 0.2) is 0 Å². The van der Waals surface area contributed by atoms with Crippen LogP contribution in [-0.4, -0.2) is 44.3 Å². The standard InChI is InChI=1S/C21H45N2/c1-4-5-6-7-8-9-10-11-12-13-14-15-19-23(2,3)20-21-17-16-18-22-21/h21-22H,4-20H2,1-3H3/q+1. The number of quaternary nitrogens is 1. The molecule has 0 aromatic carbocycles. The summed E-state index contributed by atoms with van der Waals surface area (Å²) in [5.74, 6) is 0. The van der Waals surface area contributed by atoms with E-state index in [0.29, 0.717) is 0 Å². The summed E-state index contributed by atoms with van der Waals surface area (Å²) in [6, 6.07) is 0.780. The molecule has 0 spiro atoms. The molecule has 1 atom stereocenters. The lowest BCUT2D eigenvalue weighted by Gasteiger charge is -2.32. The summed E-state index contributed by atoms with van der Waals surface area (Å²) in [6.45, 7) is 6.21. The maximum Gasteiger partial charge on any atom is 0.0938 e. The zero-order valence-electron chi connectivity index (χ0n) is 16.5. The fourth-order valence-electron chi connectivity index (χ4n) is 3.98. The summed E-state index contributed by atoms with van der Waals surface area (Å²) in [6.07, 6.45) is 20.2. The van der Waals surface area contributed by atoms with Gasteiger partial charge in [0.1, 0.15) is 0 Å². The van der Waals surface area contributed by atoms with Gasteiger partial charge in [-0.1, -0.05) is 71.1 Å². The van der Waals surface area contributed by atoms with Crippen molar-refractivity contribution in [3.63, 3.8) is 0 Å². The first-order valence-electron chi connectivity index (χ1n) is 10.7. The Morgan fingerprint density at radius 3 is 1.78 bits per heavy atom. The molecule has 23 heavy (non-hydrogen) atoms. The first-order valence-corrected chi connectivity index (χ1v) is 10.7. The maximum absolute atomic E-state index is 3.64. The first-order chi connectivity index (χ1) is 11.1. The zero-order valence-corrected chi connectivity index (χ0v) is 16.5. The number of hydrogen-bond donors (Lipinski definition) is 1. The largest absolute Gasteiger partial charge is 0.327 e. The number of hydrogen-bond acceptors (Lipinski definition) is 1. The van der Waals surface area contributed by atoms with Crippen molar-refractivity contribution in [3.05, 3.63) is 0 Å². The first kappa shape index (κ1) is 21.0. The predicted molar refractivity (Wildman–Crippen MR) is 104 cm³/mol. The number of nitrogens with zero attached hydrogens (tertiary/aromatic N) is 1. The van der Waals surface area contributed by atoms with E-state index in [2.05, 4.69) is 26.3 Å². The van der Waals surface area contributed by atoms with Crippen molar-refractivity contribution in [1.82, 2.24) is 5.32 Å². The van der Waals surface area contributed by atoms with Gasteiger partial charge in [0.25, 0.3) is 0 Å². The SMILES string of the molecule is CCCCCCCCCCCCCC[N+](C)(C)CC1CCCN1. The predicted octanol–water partition coefficient (Wildman–Crippen LogP) is 5.52. The van der Waals surface area contributed by atoms with Crippen LogP contribution in [0.3, 0.4) is 0 Å². The average molecular weight is 326 g/mol. The highest BCUT2D eigenvalue weighted by atomic mass is 15.3. The fourth-order valence-corrected chi connectivity index (χ4v) is 3.98. The summed E-state index contributed by atoms with van der Waals surface area (Å²) in [7, 11) is 4.83. The van der Waals surface area contributed by atoms with Crippen molar-refractivity contribution in [2.24, 2.45) is 0 Å². The Morgan fingerprint density at radius 1 is 0.783 bits per heavy atom. The quantitative estimate of drug-likeness (QED) is 0.309. The highest BCUT2D eigenvalue weighted by molar-refractivity contribution is 4.73. The molecule has 0 aliphatic carbocycles. The third-order valence-corrected chi connectivity index (χ3v) is 5.49. The Bertz CT molecular complexity index is 257. The molecule has 1 unspecified atom stereocenters. The second-order valence-electron chi connectivity index (χ2n) is 8.52. The van der Waals surface area contributed by atoms with Gasteiger partial charge < -0.3 is 9.80 Å². The minimum atomic E-state index is 0.780. The van der Waals surface area contributed by atoms with Gasteiger partial charge in [-0.2, -0.15) is 0 Å². The highest BCUT2D eigenvalue weighted by Crippen LogP contribution is 2.14.